The lowest BCUT2D eigenvalue weighted by molar-refractivity contribution is -0.159. The normalized spacial score (nSPS) is 15.0. The van der Waals surface area contributed by atoms with Crippen LogP contribution in [-0.2, 0) is 24.3 Å². The van der Waals surface area contributed by atoms with Crippen LogP contribution >= 0.6 is 0 Å². The van der Waals surface area contributed by atoms with Gasteiger partial charge in [0.15, 0.2) is 0 Å². The predicted octanol–water partition coefficient (Wildman–Crippen LogP) is 1.56. The Morgan fingerprint density at radius 1 is 1.23 bits per heavy atom. The first-order valence-corrected chi connectivity index (χ1v) is 8.06. The Morgan fingerprint density at radius 2 is 1.73 bits per heavy atom. The van der Waals surface area contributed by atoms with Crippen molar-refractivity contribution in [3.05, 3.63) is 0 Å². The quantitative estimate of drug-likeness (QED) is 0.652. The highest BCUT2D eigenvalue weighted by Crippen LogP contribution is 2.20. The molecular formula is C12H22F3NO5S. The van der Waals surface area contributed by atoms with Gasteiger partial charge in [0.2, 0.25) is 10.0 Å². The number of ether oxygens (including phenoxy) is 2. The first-order chi connectivity index (χ1) is 9.66. The fraction of sp³-hybridized carbons (Fsp3) is 0.917. The Labute approximate surface area is 128 Å². The standard InChI is InChI=1S/C12H22F3NO5S/c1-9(20-5)7-22(18,19)16(8-12(13,14)15)6-10(17)21-11(2,3)4/h9H,6-8H2,1-5H3. The van der Waals surface area contributed by atoms with Crippen LogP contribution in [0.2, 0.25) is 0 Å². The first kappa shape index (κ1) is 21.1. The van der Waals surface area contributed by atoms with E-state index in [1.165, 1.54) is 34.8 Å². The maximum atomic E-state index is 12.6. The Morgan fingerprint density at radius 3 is 2.09 bits per heavy atom. The van der Waals surface area contributed by atoms with Crippen molar-refractivity contribution < 1.29 is 35.9 Å². The van der Waals surface area contributed by atoms with Crippen LogP contribution in [0.25, 0.3) is 0 Å². The van der Waals surface area contributed by atoms with E-state index in [4.69, 9.17) is 9.47 Å². The van der Waals surface area contributed by atoms with Crippen molar-refractivity contribution in [3.63, 3.8) is 0 Å². The molecule has 22 heavy (non-hydrogen) atoms. The summed E-state index contributed by atoms with van der Waals surface area (Å²) in [5.41, 5.74) is -0.926. The van der Waals surface area contributed by atoms with Gasteiger partial charge >= 0.3 is 12.1 Å². The number of rotatable bonds is 7. The van der Waals surface area contributed by atoms with Gasteiger partial charge in [-0.05, 0) is 27.7 Å². The van der Waals surface area contributed by atoms with Crippen molar-refractivity contribution in [1.29, 1.82) is 0 Å². The molecule has 0 radical (unpaired) electrons. The number of methoxy groups -OCH3 is 1. The van der Waals surface area contributed by atoms with Gasteiger partial charge in [-0.2, -0.15) is 17.5 Å². The van der Waals surface area contributed by atoms with E-state index < -0.39 is 52.7 Å². The lowest BCUT2D eigenvalue weighted by Gasteiger charge is -2.26. The summed E-state index contributed by atoms with van der Waals surface area (Å²) in [4.78, 5) is 11.6. The van der Waals surface area contributed by atoms with Gasteiger partial charge in [-0.15, -0.1) is 0 Å². The van der Waals surface area contributed by atoms with Gasteiger partial charge in [0.1, 0.15) is 18.7 Å². The number of carbonyl (C=O) groups excluding carboxylic acids is 1. The van der Waals surface area contributed by atoms with Crippen molar-refractivity contribution in [2.45, 2.75) is 45.6 Å². The van der Waals surface area contributed by atoms with Crippen LogP contribution in [-0.4, -0.2) is 62.5 Å². The number of nitrogens with zero attached hydrogens (tertiary/aromatic N) is 1. The van der Waals surface area contributed by atoms with E-state index in [1.54, 1.807) is 0 Å². The molecule has 1 atom stereocenters. The van der Waals surface area contributed by atoms with E-state index in [2.05, 4.69) is 0 Å². The van der Waals surface area contributed by atoms with Gasteiger partial charge in [-0.25, -0.2) is 8.42 Å². The number of hydrogen-bond donors (Lipinski definition) is 0. The van der Waals surface area contributed by atoms with E-state index in [0.29, 0.717) is 0 Å². The van der Waals surface area contributed by atoms with Crippen molar-refractivity contribution in [3.8, 4) is 0 Å². The molecule has 0 rings (SSSR count). The van der Waals surface area contributed by atoms with E-state index in [0.717, 1.165) is 0 Å². The summed E-state index contributed by atoms with van der Waals surface area (Å²) in [7, 11) is -3.09. The molecule has 0 aromatic rings. The number of hydrogen-bond acceptors (Lipinski definition) is 5. The van der Waals surface area contributed by atoms with Crippen LogP contribution in [0.15, 0.2) is 0 Å². The van der Waals surface area contributed by atoms with Gasteiger partial charge in [0, 0.05) is 7.11 Å². The first-order valence-electron chi connectivity index (χ1n) is 6.45. The van der Waals surface area contributed by atoms with Crippen LogP contribution in [0, 0.1) is 0 Å². The lowest BCUT2D eigenvalue weighted by Crippen LogP contribution is -2.45. The maximum Gasteiger partial charge on any atom is 0.402 e. The third-order valence-corrected chi connectivity index (χ3v) is 4.26. The van der Waals surface area contributed by atoms with Crippen LogP contribution in [0.5, 0.6) is 0 Å². The van der Waals surface area contributed by atoms with E-state index in [-0.39, 0.29) is 4.31 Å². The Hall–Kier alpha value is -0.870. The van der Waals surface area contributed by atoms with E-state index >= 15 is 0 Å². The fourth-order valence-electron chi connectivity index (χ4n) is 1.44. The molecule has 0 aromatic heterocycles. The molecule has 1 unspecified atom stereocenters. The van der Waals surface area contributed by atoms with Crippen LogP contribution in [0.3, 0.4) is 0 Å². The summed E-state index contributed by atoms with van der Waals surface area (Å²) in [5, 5.41) is 0. The molecule has 0 bridgehead atoms. The Bertz CT molecular complexity index is 470. The molecule has 0 aliphatic carbocycles. The number of esters is 1. The molecule has 10 heteroatoms. The molecule has 0 aromatic carbocycles. The van der Waals surface area contributed by atoms with Crippen LogP contribution in [0.1, 0.15) is 27.7 Å². The zero-order valence-corrected chi connectivity index (χ0v) is 14.0. The Kier molecular flexibility index (Phi) is 7.30. The smallest absolute Gasteiger partial charge is 0.402 e. The highest BCUT2D eigenvalue weighted by Gasteiger charge is 2.38. The molecule has 0 N–H and O–H groups in total. The predicted molar refractivity (Wildman–Crippen MR) is 73.7 cm³/mol. The number of alkyl halides is 3. The lowest BCUT2D eigenvalue weighted by atomic mass is 10.2. The highest BCUT2D eigenvalue weighted by molar-refractivity contribution is 7.89. The molecular weight excluding hydrogens is 327 g/mol. The van der Waals surface area contributed by atoms with Crippen molar-refractivity contribution in [2.24, 2.45) is 0 Å². The average molecular weight is 349 g/mol. The summed E-state index contributed by atoms with van der Waals surface area (Å²) in [6, 6.07) is 0. The van der Waals surface area contributed by atoms with E-state index in [9.17, 15) is 26.4 Å². The van der Waals surface area contributed by atoms with Gasteiger partial charge in [0.25, 0.3) is 0 Å². The largest absolute Gasteiger partial charge is 0.459 e. The van der Waals surface area contributed by atoms with Gasteiger partial charge in [0.05, 0.1) is 11.9 Å². The molecule has 0 saturated heterocycles. The van der Waals surface area contributed by atoms with Crippen LogP contribution < -0.4 is 0 Å². The SMILES string of the molecule is COC(C)CS(=O)(=O)N(CC(=O)OC(C)(C)C)CC(F)(F)F. The van der Waals surface area contributed by atoms with Crippen molar-refractivity contribution >= 4 is 16.0 Å². The second-order valence-corrected chi connectivity index (χ2v) is 7.81. The zero-order chi connectivity index (χ0) is 17.8. The third kappa shape index (κ3) is 9.21. The molecule has 0 aliphatic heterocycles. The molecule has 6 nitrogen and oxygen atoms in total. The van der Waals surface area contributed by atoms with Crippen molar-refractivity contribution in [2.75, 3.05) is 26.0 Å². The summed E-state index contributed by atoms with van der Waals surface area (Å²) in [6.45, 7) is 3.22. The fourth-order valence-corrected chi connectivity index (χ4v) is 3.03. The van der Waals surface area contributed by atoms with Crippen LogP contribution in [0.4, 0.5) is 13.2 Å². The number of sulfonamides is 1. The molecule has 0 fully saturated rings. The summed E-state index contributed by atoms with van der Waals surface area (Å²) in [5.74, 6) is -1.71. The van der Waals surface area contributed by atoms with Gasteiger partial charge in [-0.3, -0.25) is 4.79 Å². The molecule has 0 saturated carbocycles. The molecule has 0 aliphatic rings. The number of carbonyl (C=O) groups is 1. The van der Waals surface area contributed by atoms with Gasteiger partial charge in [-0.1, -0.05) is 0 Å². The molecule has 0 amide bonds. The minimum atomic E-state index is -4.77. The summed E-state index contributed by atoms with van der Waals surface area (Å²) >= 11 is 0. The minimum absolute atomic E-state index is 0.0661. The maximum absolute atomic E-state index is 12.6. The molecule has 132 valence electrons. The second-order valence-electron chi connectivity index (χ2n) is 5.79. The van der Waals surface area contributed by atoms with E-state index in [1.807, 2.05) is 0 Å². The van der Waals surface area contributed by atoms with Crippen molar-refractivity contribution in [1.82, 2.24) is 4.31 Å². The number of halogens is 3. The highest BCUT2D eigenvalue weighted by atomic mass is 32.2. The molecule has 0 spiro atoms. The average Bonchev–Trinajstić information content (AvgIpc) is 2.22. The topological polar surface area (TPSA) is 72.9 Å². The minimum Gasteiger partial charge on any atom is -0.459 e. The Balaban J connectivity index is 5.17. The monoisotopic (exact) mass is 349 g/mol. The summed E-state index contributed by atoms with van der Waals surface area (Å²) < 4.78 is 71.4. The molecule has 0 heterocycles. The van der Waals surface area contributed by atoms with Gasteiger partial charge < -0.3 is 9.47 Å². The second kappa shape index (κ2) is 7.60. The third-order valence-electron chi connectivity index (χ3n) is 2.32. The summed E-state index contributed by atoms with van der Waals surface area (Å²) in [6.07, 6.45) is -5.58. The zero-order valence-electron chi connectivity index (χ0n) is 13.2.